The fraction of sp³-hybridized carbons (Fsp3) is 0.500. The van der Waals surface area contributed by atoms with Crippen LogP contribution in [-0.4, -0.2) is 69.4 Å². The lowest BCUT2D eigenvalue weighted by atomic mass is 9.95. The van der Waals surface area contributed by atoms with Gasteiger partial charge in [-0.05, 0) is 19.4 Å². The van der Waals surface area contributed by atoms with Gasteiger partial charge in [0.05, 0.1) is 18.5 Å². The molecule has 0 saturated carbocycles. The van der Waals surface area contributed by atoms with E-state index in [1.807, 2.05) is 6.20 Å². The Morgan fingerprint density at radius 1 is 1.06 bits per heavy atom. The minimum atomic E-state index is -5.08. The number of aromatic nitrogens is 2. The summed E-state index contributed by atoms with van der Waals surface area (Å²) < 4.78 is 71.0. The van der Waals surface area contributed by atoms with E-state index in [9.17, 15) is 26.3 Å². The van der Waals surface area contributed by atoms with Crippen LogP contribution in [0.4, 0.5) is 26.3 Å². The first-order valence-electron chi connectivity index (χ1n) is 10.5. The molecule has 1 aromatic heterocycles. The summed E-state index contributed by atoms with van der Waals surface area (Å²) in [6.45, 7) is 8.94. The molecular weight excluding hydrogens is 500 g/mol. The topological polar surface area (TPSA) is 105 Å². The Bertz CT molecular complexity index is 966. The lowest BCUT2D eigenvalue weighted by molar-refractivity contribution is -0.193. The van der Waals surface area contributed by atoms with E-state index in [4.69, 9.17) is 24.5 Å². The summed E-state index contributed by atoms with van der Waals surface area (Å²) in [4.78, 5) is 20.3. The number of carboxylic acid groups (broad SMARTS) is 2. The first-order chi connectivity index (χ1) is 16.6. The third-order valence-corrected chi connectivity index (χ3v) is 4.95. The molecule has 1 atom stereocenters. The molecule has 1 unspecified atom stereocenters. The molecule has 36 heavy (non-hydrogen) atoms. The number of aryl methyl sites for hydroxylation is 2. The van der Waals surface area contributed by atoms with Gasteiger partial charge in [0.1, 0.15) is 0 Å². The van der Waals surface area contributed by atoms with Gasteiger partial charge in [-0.15, -0.1) is 0 Å². The number of benzene rings is 1. The predicted molar refractivity (Wildman–Crippen MR) is 115 cm³/mol. The monoisotopic (exact) mass is 527 g/mol. The minimum absolute atomic E-state index is 0.416. The fourth-order valence-corrected chi connectivity index (χ4v) is 3.31. The summed E-state index contributed by atoms with van der Waals surface area (Å²) in [6, 6.07) is 8.84. The van der Waals surface area contributed by atoms with E-state index in [-0.39, 0.29) is 0 Å². The van der Waals surface area contributed by atoms with Crippen LogP contribution in [0, 0.1) is 6.92 Å². The fourth-order valence-electron chi connectivity index (χ4n) is 3.31. The number of methoxy groups -OCH3 is 1. The first-order valence-corrected chi connectivity index (χ1v) is 10.5. The van der Waals surface area contributed by atoms with Crippen LogP contribution in [0.2, 0.25) is 0 Å². The first kappa shape index (κ1) is 30.9. The van der Waals surface area contributed by atoms with Gasteiger partial charge in [0.2, 0.25) is 0 Å². The second-order valence-electron chi connectivity index (χ2n) is 7.78. The second kappa shape index (κ2) is 13.3. The van der Waals surface area contributed by atoms with E-state index in [0.29, 0.717) is 5.92 Å². The number of carbonyl (C=O) groups is 2. The van der Waals surface area contributed by atoms with Gasteiger partial charge in [-0.1, -0.05) is 29.8 Å². The Morgan fingerprint density at radius 3 is 1.97 bits per heavy atom. The minimum Gasteiger partial charge on any atom is -0.475 e. The molecule has 1 aliphatic rings. The van der Waals surface area contributed by atoms with Gasteiger partial charge < -0.3 is 14.9 Å². The van der Waals surface area contributed by atoms with Gasteiger partial charge in [0.25, 0.3) is 0 Å². The van der Waals surface area contributed by atoms with E-state index < -0.39 is 24.3 Å². The average Bonchev–Trinajstić information content (AvgIpc) is 3.18. The Balaban J connectivity index is 0.000000383. The highest BCUT2D eigenvalue weighted by molar-refractivity contribution is 5.73. The Labute approximate surface area is 203 Å². The molecule has 2 N–H and O–H groups in total. The van der Waals surface area contributed by atoms with Crippen LogP contribution in [0.3, 0.4) is 0 Å². The number of halogens is 6. The maximum absolute atomic E-state index is 10.6. The van der Waals surface area contributed by atoms with Crippen molar-refractivity contribution in [2.75, 3.05) is 20.3 Å². The molecule has 8 nitrogen and oxygen atoms in total. The standard InChI is InChI=1S/C18H25N3O.2C2HF3O2/c1-4-21-18-12-20(10-15-7-5-14(2)6-8-15)11-16(13-22-3)17(18)9-19-21;2*3-2(4,5)1(6)7/h5-9,16H,4,10-13H2,1-3H3;2*(H,6,7). The van der Waals surface area contributed by atoms with Crippen molar-refractivity contribution in [1.82, 2.24) is 14.7 Å². The normalized spacial score (nSPS) is 15.6. The van der Waals surface area contributed by atoms with Crippen molar-refractivity contribution in [2.45, 2.75) is 51.8 Å². The van der Waals surface area contributed by atoms with Crippen molar-refractivity contribution in [3.8, 4) is 0 Å². The molecular formula is C22H27F6N3O5. The lowest BCUT2D eigenvalue weighted by Gasteiger charge is -2.33. The largest absolute Gasteiger partial charge is 0.490 e. The predicted octanol–water partition coefficient (Wildman–Crippen LogP) is 4.22. The third-order valence-electron chi connectivity index (χ3n) is 4.95. The van der Waals surface area contributed by atoms with Crippen LogP contribution >= 0.6 is 0 Å². The zero-order chi connectivity index (χ0) is 27.7. The van der Waals surface area contributed by atoms with Crippen molar-refractivity contribution < 1.29 is 50.9 Å². The van der Waals surface area contributed by atoms with Crippen molar-refractivity contribution >= 4 is 11.9 Å². The van der Waals surface area contributed by atoms with E-state index in [2.05, 4.69) is 52.8 Å². The molecule has 0 bridgehead atoms. The van der Waals surface area contributed by atoms with Crippen LogP contribution < -0.4 is 0 Å². The van der Waals surface area contributed by atoms with Gasteiger partial charge >= 0.3 is 24.3 Å². The number of carboxylic acids is 2. The number of aliphatic carboxylic acids is 2. The van der Waals surface area contributed by atoms with Crippen molar-refractivity contribution in [2.24, 2.45) is 0 Å². The molecule has 0 saturated heterocycles. The quantitative estimate of drug-likeness (QED) is 0.561. The summed E-state index contributed by atoms with van der Waals surface area (Å²) in [5.41, 5.74) is 5.39. The number of fused-ring (bicyclic) bond motifs is 1. The zero-order valence-corrected chi connectivity index (χ0v) is 19.7. The van der Waals surface area contributed by atoms with E-state index in [1.165, 1.54) is 22.4 Å². The lowest BCUT2D eigenvalue weighted by Crippen LogP contribution is -2.35. The van der Waals surface area contributed by atoms with Crippen LogP contribution in [0.25, 0.3) is 0 Å². The molecule has 0 radical (unpaired) electrons. The number of hydrogen-bond donors (Lipinski definition) is 2. The van der Waals surface area contributed by atoms with E-state index in [1.54, 1.807) is 7.11 Å². The molecule has 202 valence electrons. The Kier molecular flexibility index (Phi) is 11.4. The average molecular weight is 527 g/mol. The van der Waals surface area contributed by atoms with Crippen molar-refractivity contribution in [3.05, 3.63) is 52.8 Å². The smallest absolute Gasteiger partial charge is 0.475 e. The number of hydrogen-bond acceptors (Lipinski definition) is 5. The highest BCUT2D eigenvalue weighted by atomic mass is 19.4. The molecule has 0 spiro atoms. The van der Waals surface area contributed by atoms with Gasteiger partial charge in [0, 0.05) is 44.8 Å². The summed E-state index contributed by atoms with van der Waals surface area (Å²) in [5.74, 6) is -5.10. The number of alkyl halides is 6. The van der Waals surface area contributed by atoms with Crippen molar-refractivity contribution in [3.63, 3.8) is 0 Å². The molecule has 1 aliphatic heterocycles. The van der Waals surface area contributed by atoms with Gasteiger partial charge in [-0.2, -0.15) is 31.4 Å². The molecule has 2 aromatic rings. The number of rotatable bonds is 5. The van der Waals surface area contributed by atoms with E-state index >= 15 is 0 Å². The van der Waals surface area contributed by atoms with E-state index in [0.717, 1.165) is 32.8 Å². The van der Waals surface area contributed by atoms with Gasteiger partial charge in [0.15, 0.2) is 0 Å². The Morgan fingerprint density at radius 2 is 1.56 bits per heavy atom. The number of nitrogens with zero attached hydrogens (tertiary/aromatic N) is 3. The highest BCUT2D eigenvalue weighted by Crippen LogP contribution is 2.29. The zero-order valence-electron chi connectivity index (χ0n) is 19.7. The van der Waals surface area contributed by atoms with Crippen LogP contribution in [-0.2, 0) is 34.0 Å². The summed E-state index contributed by atoms with van der Waals surface area (Å²) in [6.07, 6.45) is -8.13. The maximum Gasteiger partial charge on any atom is 0.490 e. The number of ether oxygens (including phenoxy) is 1. The molecule has 0 fully saturated rings. The third kappa shape index (κ3) is 9.85. The molecule has 2 heterocycles. The van der Waals surface area contributed by atoms with Crippen LogP contribution in [0.5, 0.6) is 0 Å². The Hall–Kier alpha value is -3.13. The van der Waals surface area contributed by atoms with Gasteiger partial charge in [-0.25, -0.2) is 9.59 Å². The summed E-state index contributed by atoms with van der Waals surface area (Å²) in [7, 11) is 1.78. The van der Waals surface area contributed by atoms with Crippen molar-refractivity contribution in [1.29, 1.82) is 0 Å². The second-order valence-corrected chi connectivity index (χ2v) is 7.78. The van der Waals surface area contributed by atoms with Crippen LogP contribution in [0.15, 0.2) is 30.5 Å². The SMILES string of the molecule is CCn1ncc2c1CN(Cc1ccc(C)cc1)CC2COC.O=C(O)C(F)(F)F.O=C(O)C(F)(F)F. The highest BCUT2D eigenvalue weighted by Gasteiger charge is 2.38. The van der Waals surface area contributed by atoms with Crippen LogP contribution in [0.1, 0.15) is 35.2 Å². The molecule has 14 heteroatoms. The molecule has 1 aromatic carbocycles. The van der Waals surface area contributed by atoms with Gasteiger partial charge in [-0.3, -0.25) is 9.58 Å². The summed E-state index contributed by atoms with van der Waals surface area (Å²) >= 11 is 0. The summed E-state index contributed by atoms with van der Waals surface area (Å²) in [5, 5.41) is 18.8. The molecule has 0 aliphatic carbocycles. The molecule has 0 amide bonds. The maximum atomic E-state index is 10.6. The molecule has 3 rings (SSSR count).